The van der Waals surface area contributed by atoms with Gasteiger partial charge in [-0.15, -0.1) is 0 Å². The van der Waals surface area contributed by atoms with Crippen molar-refractivity contribution in [2.45, 2.75) is 13.5 Å². The first kappa shape index (κ1) is 13.4. The highest BCUT2D eigenvalue weighted by molar-refractivity contribution is 5.97. The van der Waals surface area contributed by atoms with Crippen LogP contribution in [0.2, 0.25) is 0 Å². The lowest BCUT2D eigenvalue weighted by Crippen LogP contribution is -2.26. The average Bonchev–Trinajstić information content (AvgIpc) is 2.93. The Hall–Kier alpha value is -2.62. The molecule has 0 atom stereocenters. The van der Waals surface area contributed by atoms with Crippen molar-refractivity contribution in [1.29, 1.82) is 0 Å². The molecule has 4 heteroatoms. The fourth-order valence-corrected chi connectivity index (χ4v) is 2.41. The molecular weight excluding hydrogens is 262 g/mol. The maximum atomic E-state index is 12.5. The summed E-state index contributed by atoms with van der Waals surface area (Å²) in [6.45, 7) is 2.46. The lowest BCUT2D eigenvalue weighted by Gasteiger charge is -2.17. The molecule has 0 radical (unpaired) electrons. The van der Waals surface area contributed by atoms with Gasteiger partial charge in [-0.2, -0.15) is 0 Å². The van der Waals surface area contributed by atoms with Gasteiger partial charge in [0.2, 0.25) is 0 Å². The Bertz CT molecular complexity index is 791. The van der Waals surface area contributed by atoms with Crippen molar-refractivity contribution >= 4 is 16.8 Å². The average molecular weight is 279 g/mol. The van der Waals surface area contributed by atoms with Crippen molar-refractivity contribution < 1.29 is 4.79 Å². The van der Waals surface area contributed by atoms with E-state index in [9.17, 15) is 4.79 Å². The topological polar surface area (TPSA) is 49.0 Å². The van der Waals surface area contributed by atoms with Crippen molar-refractivity contribution in [1.82, 2.24) is 14.9 Å². The molecule has 0 saturated heterocycles. The zero-order valence-corrected chi connectivity index (χ0v) is 12.1. The number of fused-ring (bicyclic) bond motifs is 1. The van der Waals surface area contributed by atoms with Crippen LogP contribution in [0.4, 0.5) is 0 Å². The van der Waals surface area contributed by atoms with E-state index in [0.717, 1.165) is 22.3 Å². The molecule has 3 rings (SSSR count). The van der Waals surface area contributed by atoms with E-state index in [2.05, 4.69) is 9.97 Å². The maximum Gasteiger partial charge on any atom is 0.253 e. The van der Waals surface area contributed by atoms with Crippen LogP contribution in [-0.2, 0) is 6.54 Å². The molecule has 2 aromatic heterocycles. The smallest absolute Gasteiger partial charge is 0.253 e. The number of pyridine rings is 1. The molecule has 4 nitrogen and oxygen atoms in total. The Morgan fingerprint density at radius 2 is 2.10 bits per heavy atom. The minimum absolute atomic E-state index is 0.00130. The van der Waals surface area contributed by atoms with E-state index in [1.807, 2.05) is 55.6 Å². The lowest BCUT2D eigenvalue weighted by atomic mass is 10.1. The van der Waals surface area contributed by atoms with Crippen molar-refractivity contribution in [3.8, 4) is 0 Å². The maximum absolute atomic E-state index is 12.5. The number of rotatable bonds is 3. The van der Waals surface area contributed by atoms with E-state index < -0.39 is 0 Å². The number of H-pyrrole nitrogens is 1. The summed E-state index contributed by atoms with van der Waals surface area (Å²) in [4.78, 5) is 21.7. The third-order valence-electron chi connectivity index (χ3n) is 3.49. The number of aromatic amines is 1. The molecule has 0 spiro atoms. The molecule has 106 valence electrons. The molecule has 1 aromatic carbocycles. The Morgan fingerprint density at radius 3 is 2.90 bits per heavy atom. The largest absolute Gasteiger partial charge is 0.361 e. The van der Waals surface area contributed by atoms with Crippen molar-refractivity contribution in [2.24, 2.45) is 0 Å². The number of nitrogens with zero attached hydrogens (tertiary/aromatic N) is 2. The van der Waals surface area contributed by atoms with Crippen LogP contribution in [0, 0.1) is 6.92 Å². The fourth-order valence-electron chi connectivity index (χ4n) is 2.41. The van der Waals surface area contributed by atoms with E-state index in [-0.39, 0.29) is 5.91 Å². The molecule has 0 saturated carbocycles. The second-order valence-corrected chi connectivity index (χ2v) is 5.21. The minimum Gasteiger partial charge on any atom is -0.361 e. The molecule has 0 aliphatic heterocycles. The van der Waals surface area contributed by atoms with Crippen LogP contribution in [0.15, 0.2) is 48.7 Å². The van der Waals surface area contributed by atoms with Gasteiger partial charge >= 0.3 is 0 Å². The van der Waals surface area contributed by atoms with Gasteiger partial charge < -0.3 is 9.88 Å². The number of carbonyl (C=O) groups excluding carboxylic acids is 1. The molecule has 0 aliphatic carbocycles. The van der Waals surface area contributed by atoms with Gasteiger partial charge in [0.05, 0.1) is 12.2 Å². The van der Waals surface area contributed by atoms with Crippen molar-refractivity contribution in [3.05, 3.63) is 65.6 Å². The molecule has 0 fully saturated rings. The SMILES string of the molecule is Cc1cccc(CN(C)C(=O)c2ccc3[nH]ccc3c2)n1. The zero-order chi connectivity index (χ0) is 14.8. The van der Waals surface area contributed by atoms with Crippen LogP contribution in [0.1, 0.15) is 21.7 Å². The predicted octanol–water partition coefficient (Wildman–Crippen LogP) is 3.14. The van der Waals surface area contributed by atoms with E-state index in [0.29, 0.717) is 12.1 Å². The van der Waals surface area contributed by atoms with Gasteiger partial charge in [0.15, 0.2) is 0 Å². The molecule has 0 aliphatic rings. The number of carbonyl (C=O) groups is 1. The van der Waals surface area contributed by atoms with E-state index in [1.54, 1.807) is 11.9 Å². The van der Waals surface area contributed by atoms with Crippen molar-refractivity contribution in [2.75, 3.05) is 7.05 Å². The van der Waals surface area contributed by atoms with Gasteiger partial charge in [-0.05, 0) is 43.3 Å². The number of hydrogen-bond donors (Lipinski definition) is 1. The standard InChI is InChI=1S/C17H17N3O/c1-12-4-3-5-15(19-12)11-20(2)17(21)14-6-7-16-13(10-14)8-9-18-16/h3-10,18H,11H2,1-2H3. The van der Waals surface area contributed by atoms with Gasteiger partial charge in [-0.3, -0.25) is 9.78 Å². The monoisotopic (exact) mass is 279 g/mol. The van der Waals surface area contributed by atoms with Crippen LogP contribution in [0.3, 0.4) is 0 Å². The van der Waals surface area contributed by atoms with Gasteiger partial charge in [0.25, 0.3) is 5.91 Å². The summed E-state index contributed by atoms with van der Waals surface area (Å²) in [6, 6.07) is 13.5. The highest BCUT2D eigenvalue weighted by Gasteiger charge is 2.13. The van der Waals surface area contributed by atoms with Crippen LogP contribution in [-0.4, -0.2) is 27.8 Å². The molecule has 0 unspecified atom stereocenters. The Morgan fingerprint density at radius 1 is 1.24 bits per heavy atom. The number of amides is 1. The first-order chi connectivity index (χ1) is 10.1. The molecule has 1 amide bonds. The van der Waals surface area contributed by atoms with Gasteiger partial charge in [-0.25, -0.2) is 0 Å². The number of nitrogens with one attached hydrogen (secondary N) is 1. The van der Waals surface area contributed by atoms with E-state index >= 15 is 0 Å². The molecule has 3 aromatic rings. The molecule has 1 N–H and O–H groups in total. The third-order valence-corrected chi connectivity index (χ3v) is 3.49. The second-order valence-electron chi connectivity index (χ2n) is 5.21. The summed E-state index contributed by atoms with van der Waals surface area (Å²) in [7, 11) is 1.80. The molecule has 21 heavy (non-hydrogen) atoms. The normalized spacial score (nSPS) is 10.8. The molecule has 2 heterocycles. The summed E-state index contributed by atoms with van der Waals surface area (Å²) >= 11 is 0. The predicted molar refractivity (Wildman–Crippen MR) is 83.1 cm³/mol. The summed E-state index contributed by atoms with van der Waals surface area (Å²) in [5, 5.41) is 1.04. The number of benzene rings is 1. The van der Waals surface area contributed by atoms with Crippen LogP contribution < -0.4 is 0 Å². The van der Waals surface area contributed by atoms with E-state index in [1.165, 1.54) is 0 Å². The Kier molecular flexibility index (Phi) is 3.44. The minimum atomic E-state index is 0.00130. The Balaban J connectivity index is 1.80. The van der Waals surface area contributed by atoms with Crippen LogP contribution in [0.5, 0.6) is 0 Å². The van der Waals surface area contributed by atoms with Crippen molar-refractivity contribution in [3.63, 3.8) is 0 Å². The third kappa shape index (κ3) is 2.79. The highest BCUT2D eigenvalue weighted by Crippen LogP contribution is 2.16. The number of hydrogen-bond acceptors (Lipinski definition) is 2. The van der Waals surface area contributed by atoms with Gasteiger partial charge in [0.1, 0.15) is 0 Å². The summed E-state index contributed by atoms with van der Waals surface area (Å²) in [5.41, 5.74) is 3.59. The highest BCUT2D eigenvalue weighted by atomic mass is 16.2. The molecule has 0 bridgehead atoms. The molecular formula is C17H17N3O. The quantitative estimate of drug-likeness (QED) is 0.800. The van der Waals surface area contributed by atoms with Gasteiger partial charge in [-0.1, -0.05) is 6.07 Å². The fraction of sp³-hybridized carbons (Fsp3) is 0.176. The summed E-state index contributed by atoms with van der Waals surface area (Å²) in [5.74, 6) is 0.00130. The number of aryl methyl sites for hydroxylation is 1. The summed E-state index contributed by atoms with van der Waals surface area (Å²) < 4.78 is 0. The summed E-state index contributed by atoms with van der Waals surface area (Å²) in [6.07, 6.45) is 1.87. The van der Waals surface area contributed by atoms with E-state index in [4.69, 9.17) is 0 Å². The Labute approximate surface area is 123 Å². The number of aromatic nitrogens is 2. The first-order valence-corrected chi connectivity index (χ1v) is 6.88. The van der Waals surface area contributed by atoms with Gasteiger partial charge in [0, 0.05) is 35.4 Å². The first-order valence-electron chi connectivity index (χ1n) is 6.88. The second kappa shape index (κ2) is 5.40. The van der Waals surface area contributed by atoms with Crippen LogP contribution >= 0.6 is 0 Å². The van der Waals surface area contributed by atoms with Crippen LogP contribution in [0.25, 0.3) is 10.9 Å². The lowest BCUT2D eigenvalue weighted by molar-refractivity contribution is 0.0783. The zero-order valence-electron chi connectivity index (χ0n) is 12.1.